The summed E-state index contributed by atoms with van der Waals surface area (Å²) in [6.45, 7) is 7.61. The summed E-state index contributed by atoms with van der Waals surface area (Å²) >= 11 is 0. The number of hydrogen-bond donors (Lipinski definition) is 2. The molecule has 1 aromatic heterocycles. The Morgan fingerprint density at radius 3 is 2.64 bits per heavy atom. The zero-order valence-corrected chi connectivity index (χ0v) is 15.4. The van der Waals surface area contributed by atoms with Crippen LogP contribution in [0.3, 0.4) is 0 Å². The Balaban J connectivity index is 1.96. The van der Waals surface area contributed by atoms with Gasteiger partial charge in [0.2, 0.25) is 0 Å². The van der Waals surface area contributed by atoms with Crippen LogP contribution in [0.1, 0.15) is 27.7 Å². The van der Waals surface area contributed by atoms with E-state index >= 15 is 0 Å². The van der Waals surface area contributed by atoms with Crippen molar-refractivity contribution in [2.75, 3.05) is 12.3 Å². The number of hydrogen-bond acceptors (Lipinski definition) is 5. The minimum Gasteiger partial charge on any atom is -0.491 e. The quantitative estimate of drug-likeness (QED) is 0.812. The monoisotopic (exact) mass is 346 g/mol. The number of carbonyl (C=O) groups excluding carboxylic acids is 1. The number of alkyl carbamates (subject to hydrolysis) is 1. The van der Waals surface area contributed by atoms with Crippen molar-refractivity contribution in [1.82, 2.24) is 15.1 Å². The Morgan fingerprint density at radius 2 is 2.04 bits per heavy atom. The highest BCUT2D eigenvalue weighted by atomic mass is 16.6. The highest BCUT2D eigenvalue weighted by molar-refractivity contribution is 5.69. The molecule has 1 heterocycles. The predicted molar refractivity (Wildman–Crippen MR) is 97.4 cm³/mol. The molecule has 0 aliphatic heterocycles. The van der Waals surface area contributed by atoms with E-state index in [1.165, 1.54) is 0 Å². The van der Waals surface area contributed by atoms with Crippen LogP contribution in [-0.2, 0) is 11.8 Å². The first-order valence-electron chi connectivity index (χ1n) is 8.14. The molecule has 0 spiro atoms. The summed E-state index contributed by atoms with van der Waals surface area (Å²) < 4.78 is 12.7. The van der Waals surface area contributed by atoms with Crippen LogP contribution in [0.4, 0.5) is 10.5 Å². The second kappa shape index (κ2) is 7.46. The maximum atomic E-state index is 11.8. The lowest BCUT2D eigenvalue weighted by molar-refractivity contribution is 0.0494. The van der Waals surface area contributed by atoms with E-state index in [1.54, 1.807) is 16.9 Å². The topological polar surface area (TPSA) is 91.4 Å². The number of anilines is 1. The van der Waals surface area contributed by atoms with Crippen molar-refractivity contribution >= 4 is 11.8 Å². The highest BCUT2D eigenvalue weighted by Crippen LogP contribution is 2.27. The Labute approximate surface area is 148 Å². The predicted octanol–water partition coefficient (Wildman–Crippen LogP) is 2.96. The largest absolute Gasteiger partial charge is 0.491 e. The number of aryl methyl sites for hydroxylation is 1. The molecule has 3 N–H and O–H groups in total. The lowest BCUT2D eigenvalue weighted by Gasteiger charge is -2.22. The van der Waals surface area contributed by atoms with Gasteiger partial charge < -0.3 is 20.5 Å². The lowest BCUT2D eigenvalue weighted by atomic mass is 10.1. The van der Waals surface area contributed by atoms with Gasteiger partial charge in [0.15, 0.2) is 0 Å². The molecule has 1 atom stereocenters. The van der Waals surface area contributed by atoms with Gasteiger partial charge in [-0.05, 0) is 45.4 Å². The average Bonchev–Trinajstić information content (AvgIpc) is 2.89. The summed E-state index contributed by atoms with van der Waals surface area (Å²) in [4.78, 5) is 11.8. The normalized spacial score (nSPS) is 12.5. The molecule has 2 aromatic rings. The van der Waals surface area contributed by atoms with Crippen LogP contribution in [0.25, 0.3) is 11.1 Å². The van der Waals surface area contributed by atoms with Crippen molar-refractivity contribution in [3.8, 4) is 16.9 Å². The summed E-state index contributed by atoms with van der Waals surface area (Å²) in [5.41, 5.74) is 7.92. The number of amides is 1. The Bertz CT molecular complexity index is 734. The molecule has 1 aromatic carbocycles. The second-order valence-electron chi connectivity index (χ2n) is 7.05. The van der Waals surface area contributed by atoms with Crippen LogP contribution in [0.15, 0.2) is 30.6 Å². The zero-order valence-electron chi connectivity index (χ0n) is 15.4. The Kier molecular flexibility index (Phi) is 5.56. The van der Waals surface area contributed by atoms with Crippen molar-refractivity contribution in [3.05, 3.63) is 30.6 Å². The van der Waals surface area contributed by atoms with E-state index in [-0.39, 0.29) is 6.04 Å². The van der Waals surface area contributed by atoms with Crippen LogP contribution in [0.5, 0.6) is 5.75 Å². The third kappa shape index (κ3) is 6.02. The Hall–Kier alpha value is -2.70. The van der Waals surface area contributed by atoms with Crippen molar-refractivity contribution < 1.29 is 14.3 Å². The van der Waals surface area contributed by atoms with Gasteiger partial charge in [-0.25, -0.2) is 4.79 Å². The molecule has 0 radical (unpaired) electrons. The van der Waals surface area contributed by atoms with E-state index in [0.717, 1.165) is 11.1 Å². The van der Waals surface area contributed by atoms with Gasteiger partial charge in [-0.1, -0.05) is 0 Å². The molecule has 25 heavy (non-hydrogen) atoms. The number of carbonyl (C=O) groups is 1. The van der Waals surface area contributed by atoms with E-state index in [0.29, 0.717) is 18.0 Å². The molecule has 7 heteroatoms. The zero-order chi connectivity index (χ0) is 18.6. The van der Waals surface area contributed by atoms with E-state index in [2.05, 4.69) is 10.4 Å². The van der Waals surface area contributed by atoms with Crippen molar-refractivity contribution in [1.29, 1.82) is 0 Å². The third-order valence-electron chi connectivity index (χ3n) is 3.23. The number of nitrogens with one attached hydrogen (secondary N) is 1. The van der Waals surface area contributed by atoms with Gasteiger partial charge in [-0.3, -0.25) is 4.68 Å². The fraction of sp³-hybridized carbons (Fsp3) is 0.444. The summed E-state index contributed by atoms with van der Waals surface area (Å²) in [7, 11) is 1.86. The molecular formula is C18H26N4O3. The summed E-state index contributed by atoms with van der Waals surface area (Å²) in [6, 6.07) is 5.30. The number of aromatic nitrogens is 2. The van der Waals surface area contributed by atoms with Crippen molar-refractivity contribution in [2.24, 2.45) is 7.05 Å². The molecule has 0 aliphatic rings. The summed E-state index contributed by atoms with van der Waals surface area (Å²) in [5, 5.41) is 6.90. The first-order valence-corrected chi connectivity index (χ1v) is 8.14. The van der Waals surface area contributed by atoms with Crippen molar-refractivity contribution in [3.63, 3.8) is 0 Å². The Morgan fingerprint density at radius 1 is 1.32 bits per heavy atom. The van der Waals surface area contributed by atoms with Gasteiger partial charge in [0, 0.05) is 30.6 Å². The fourth-order valence-corrected chi connectivity index (χ4v) is 2.21. The number of nitrogens with two attached hydrogens (primary N) is 1. The minimum atomic E-state index is -0.531. The van der Waals surface area contributed by atoms with E-state index in [1.807, 2.05) is 53.1 Å². The van der Waals surface area contributed by atoms with Crippen LogP contribution < -0.4 is 15.8 Å². The minimum absolute atomic E-state index is 0.210. The van der Waals surface area contributed by atoms with Crippen LogP contribution in [0.2, 0.25) is 0 Å². The molecular weight excluding hydrogens is 320 g/mol. The van der Waals surface area contributed by atoms with Gasteiger partial charge in [0.25, 0.3) is 0 Å². The first-order chi connectivity index (χ1) is 11.6. The first kappa shape index (κ1) is 18.6. The highest BCUT2D eigenvalue weighted by Gasteiger charge is 2.18. The van der Waals surface area contributed by atoms with Crippen LogP contribution >= 0.6 is 0 Å². The van der Waals surface area contributed by atoms with E-state index in [9.17, 15) is 4.79 Å². The number of nitrogens with zero attached hydrogens (tertiary/aromatic N) is 2. The van der Waals surface area contributed by atoms with Gasteiger partial charge >= 0.3 is 6.09 Å². The molecule has 1 amide bonds. The van der Waals surface area contributed by atoms with Crippen LogP contribution in [-0.4, -0.2) is 34.1 Å². The fourth-order valence-electron chi connectivity index (χ4n) is 2.21. The lowest BCUT2D eigenvalue weighted by Crippen LogP contribution is -2.40. The summed E-state index contributed by atoms with van der Waals surface area (Å²) in [5.74, 6) is 0.636. The van der Waals surface area contributed by atoms with E-state index < -0.39 is 11.7 Å². The molecule has 0 aliphatic carbocycles. The molecule has 7 nitrogen and oxygen atoms in total. The van der Waals surface area contributed by atoms with Crippen molar-refractivity contribution in [2.45, 2.75) is 39.3 Å². The van der Waals surface area contributed by atoms with Gasteiger partial charge in [0.05, 0.1) is 12.2 Å². The smallest absolute Gasteiger partial charge is 0.407 e. The third-order valence-corrected chi connectivity index (χ3v) is 3.23. The number of nitrogen functional groups attached to an aromatic ring is 1. The van der Waals surface area contributed by atoms with Gasteiger partial charge in [0.1, 0.15) is 18.0 Å². The maximum absolute atomic E-state index is 11.8. The number of ether oxygens (including phenoxy) is 2. The number of benzene rings is 1. The van der Waals surface area contributed by atoms with E-state index in [4.69, 9.17) is 15.2 Å². The molecule has 0 fully saturated rings. The van der Waals surface area contributed by atoms with Gasteiger partial charge in [-0.2, -0.15) is 5.10 Å². The average molecular weight is 346 g/mol. The molecule has 0 saturated carbocycles. The SMILES string of the molecule is C[C@@H](COc1cc(N)cc(-c2cnn(C)c2)c1)NC(=O)OC(C)(C)C. The van der Waals surface area contributed by atoms with Gasteiger partial charge in [-0.15, -0.1) is 0 Å². The molecule has 0 bridgehead atoms. The molecule has 2 rings (SSSR count). The number of rotatable bonds is 5. The molecule has 0 saturated heterocycles. The standard InChI is InChI=1S/C18H26N4O3/c1-12(21-17(23)25-18(2,3)4)11-24-16-7-13(6-15(19)8-16)14-9-20-22(5)10-14/h6-10,12H,11,19H2,1-5H3,(H,21,23)/t12-/m0/s1. The molecule has 136 valence electrons. The molecule has 0 unspecified atom stereocenters. The second-order valence-corrected chi connectivity index (χ2v) is 7.05. The van der Waals surface area contributed by atoms with Crippen LogP contribution in [0, 0.1) is 0 Å². The maximum Gasteiger partial charge on any atom is 0.407 e. The summed E-state index contributed by atoms with van der Waals surface area (Å²) in [6.07, 6.45) is 3.21.